The highest BCUT2D eigenvalue weighted by Gasteiger charge is 2.43. The lowest BCUT2D eigenvalue weighted by molar-refractivity contribution is 0.0271. The van der Waals surface area contributed by atoms with Gasteiger partial charge in [0.25, 0.3) is 0 Å². The SMILES string of the molecule is CC(C)(C)[Si](C)(C)OC1CCC(C#CC(=O)c2ccc3ncnn3c2)(O[Si](C)(C)C)CC1. The predicted molar refractivity (Wildman–Crippen MR) is 133 cm³/mol. The van der Waals surface area contributed by atoms with E-state index in [4.69, 9.17) is 8.85 Å². The lowest BCUT2D eigenvalue weighted by Gasteiger charge is -2.44. The van der Waals surface area contributed by atoms with Crippen molar-refractivity contribution in [2.24, 2.45) is 0 Å². The van der Waals surface area contributed by atoms with Crippen LogP contribution in [0.4, 0.5) is 0 Å². The van der Waals surface area contributed by atoms with Gasteiger partial charge in [0.05, 0.1) is 0 Å². The topological polar surface area (TPSA) is 65.7 Å². The number of pyridine rings is 1. The molecule has 0 unspecified atom stereocenters. The summed E-state index contributed by atoms with van der Waals surface area (Å²) in [5.74, 6) is 5.94. The molecule has 0 aliphatic heterocycles. The minimum Gasteiger partial charge on any atom is -0.414 e. The second kappa shape index (κ2) is 8.86. The predicted octanol–water partition coefficient (Wildman–Crippen LogP) is 5.47. The molecule has 1 fully saturated rings. The summed E-state index contributed by atoms with van der Waals surface area (Å²) in [6, 6.07) is 3.52. The van der Waals surface area contributed by atoms with Crippen molar-refractivity contribution in [2.45, 2.75) is 95.9 Å². The maximum absolute atomic E-state index is 12.8. The first-order valence-electron chi connectivity index (χ1n) is 11.4. The molecule has 2 aromatic heterocycles. The molecular formula is C24H37N3O3Si2. The van der Waals surface area contributed by atoms with Crippen LogP contribution < -0.4 is 0 Å². The molecule has 3 rings (SSSR count). The van der Waals surface area contributed by atoms with Crippen LogP contribution in [0.3, 0.4) is 0 Å². The number of Topliss-reactive ketones (excluding diaryl/α,β-unsaturated/α-hetero) is 1. The lowest BCUT2D eigenvalue weighted by atomic mass is 9.83. The molecule has 1 saturated carbocycles. The van der Waals surface area contributed by atoms with Crippen molar-refractivity contribution in [1.29, 1.82) is 0 Å². The van der Waals surface area contributed by atoms with Gasteiger partial charge in [-0.2, -0.15) is 5.10 Å². The lowest BCUT2D eigenvalue weighted by Crippen LogP contribution is -2.49. The van der Waals surface area contributed by atoms with E-state index in [1.54, 1.807) is 22.8 Å². The Morgan fingerprint density at radius 1 is 1.16 bits per heavy atom. The van der Waals surface area contributed by atoms with Crippen LogP contribution in [0, 0.1) is 11.8 Å². The van der Waals surface area contributed by atoms with E-state index in [1.807, 2.05) is 0 Å². The summed E-state index contributed by atoms with van der Waals surface area (Å²) in [5.41, 5.74) is 0.631. The standard InChI is InChI=1S/C24H37N3O3Si2/c1-23(2,3)32(7,8)29-20-11-14-24(15-12-20,30-31(4,5)6)16-13-21(28)19-9-10-22-25-18-26-27(22)17-19/h9-10,17-18,20H,11-12,14-15H2,1-8H3. The third-order valence-electron chi connectivity index (χ3n) is 6.45. The summed E-state index contributed by atoms with van der Waals surface area (Å²) in [6.07, 6.45) is 6.78. The molecule has 2 heterocycles. The zero-order valence-electron chi connectivity index (χ0n) is 20.8. The maximum atomic E-state index is 12.8. The van der Waals surface area contributed by atoms with Gasteiger partial charge < -0.3 is 8.85 Å². The van der Waals surface area contributed by atoms with Gasteiger partial charge in [-0.15, -0.1) is 0 Å². The Kier molecular flexibility index (Phi) is 6.88. The van der Waals surface area contributed by atoms with Crippen molar-refractivity contribution in [1.82, 2.24) is 14.6 Å². The molecule has 8 heteroatoms. The van der Waals surface area contributed by atoms with Crippen molar-refractivity contribution < 1.29 is 13.6 Å². The molecule has 1 aliphatic carbocycles. The molecule has 0 spiro atoms. The highest BCUT2D eigenvalue weighted by molar-refractivity contribution is 6.74. The fraction of sp³-hybridized carbons (Fsp3) is 0.625. The van der Waals surface area contributed by atoms with Crippen LogP contribution in [0.2, 0.25) is 37.8 Å². The third kappa shape index (κ3) is 5.95. The number of aromatic nitrogens is 3. The number of fused-ring (bicyclic) bond motifs is 1. The fourth-order valence-corrected chi connectivity index (χ4v) is 6.65. The molecule has 0 amide bonds. The van der Waals surface area contributed by atoms with Crippen LogP contribution >= 0.6 is 0 Å². The van der Waals surface area contributed by atoms with E-state index in [0.717, 1.165) is 25.7 Å². The normalized spacial score (nSPS) is 22.4. The van der Waals surface area contributed by atoms with E-state index in [1.165, 1.54) is 6.33 Å². The Morgan fingerprint density at radius 2 is 1.81 bits per heavy atom. The molecule has 2 aromatic rings. The number of hydrogen-bond acceptors (Lipinski definition) is 5. The second-order valence-corrected chi connectivity index (χ2v) is 20.5. The van der Waals surface area contributed by atoms with Gasteiger partial charge in [0.1, 0.15) is 11.9 Å². The Bertz CT molecular complexity index is 1030. The molecule has 6 nitrogen and oxygen atoms in total. The van der Waals surface area contributed by atoms with Gasteiger partial charge in [0.15, 0.2) is 22.3 Å². The quantitative estimate of drug-likeness (QED) is 0.250. The van der Waals surface area contributed by atoms with E-state index in [0.29, 0.717) is 11.2 Å². The number of carbonyl (C=O) groups excluding carboxylic acids is 1. The average Bonchev–Trinajstić information content (AvgIpc) is 3.13. The smallest absolute Gasteiger partial charge is 0.237 e. The molecule has 1 aliphatic rings. The van der Waals surface area contributed by atoms with Crippen molar-refractivity contribution in [3.8, 4) is 11.8 Å². The van der Waals surface area contributed by atoms with E-state index in [9.17, 15) is 4.79 Å². The molecule has 0 aromatic carbocycles. The number of carbonyl (C=O) groups is 1. The highest BCUT2D eigenvalue weighted by Crippen LogP contribution is 2.41. The van der Waals surface area contributed by atoms with Crippen LogP contribution in [0.15, 0.2) is 24.7 Å². The number of rotatable bonds is 5. The van der Waals surface area contributed by atoms with Crippen LogP contribution in [-0.2, 0) is 8.85 Å². The second-order valence-electron chi connectivity index (χ2n) is 11.3. The maximum Gasteiger partial charge on any atom is 0.237 e. The molecule has 0 bridgehead atoms. The number of hydrogen-bond donors (Lipinski definition) is 0. The van der Waals surface area contributed by atoms with Gasteiger partial charge in [0, 0.05) is 17.9 Å². The van der Waals surface area contributed by atoms with Gasteiger partial charge in [0.2, 0.25) is 5.78 Å². The Labute approximate surface area is 194 Å². The molecule has 0 N–H and O–H groups in total. The zero-order chi connectivity index (χ0) is 23.8. The Hall–Kier alpha value is -1.80. The number of nitrogens with zero attached hydrogens (tertiary/aromatic N) is 3. The molecular weight excluding hydrogens is 434 g/mol. The van der Waals surface area contributed by atoms with E-state index in [-0.39, 0.29) is 16.9 Å². The first kappa shape index (κ1) is 24.8. The highest BCUT2D eigenvalue weighted by atomic mass is 28.4. The van der Waals surface area contributed by atoms with E-state index < -0.39 is 22.2 Å². The molecule has 0 saturated heterocycles. The van der Waals surface area contributed by atoms with Gasteiger partial charge in [-0.3, -0.25) is 4.79 Å². The van der Waals surface area contributed by atoms with Crippen LogP contribution in [-0.4, -0.2) is 48.7 Å². The third-order valence-corrected chi connectivity index (χ3v) is 12.0. The van der Waals surface area contributed by atoms with Gasteiger partial charge in [-0.05, 0) is 81.5 Å². The van der Waals surface area contributed by atoms with Crippen molar-refractivity contribution >= 4 is 28.1 Å². The summed E-state index contributed by atoms with van der Waals surface area (Å²) in [7, 11) is -3.68. The number of ketones is 1. The largest absolute Gasteiger partial charge is 0.414 e. The molecule has 32 heavy (non-hydrogen) atoms. The van der Waals surface area contributed by atoms with Crippen LogP contribution in [0.5, 0.6) is 0 Å². The first-order chi connectivity index (χ1) is 14.7. The summed E-state index contributed by atoms with van der Waals surface area (Å²) in [5, 5.41) is 4.29. The van der Waals surface area contributed by atoms with Crippen molar-refractivity contribution in [2.75, 3.05) is 0 Å². The molecule has 174 valence electrons. The molecule has 0 atom stereocenters. The Morgan fingerprint density at radius 3 is 2.41 bits per heavy atom. The fourth-order valence-electron chi connectivity index (χ4n) is 3.80. The van der Waals surface area contributed by atoms with E-state index in [2.05, 4.69) is 75.4 Å². The van der Waals surface area contributed by atoms with Crippen molar-refractivity contribution in [3.05, 3.63) is 30.2 Å². The Balaban J connectivity index is 1.77. The average molecular weight is 472 g/mol. The van der Waals surface area contributed by atoms with Gasteiger partial charge >= 0.3 is 0 Å². The summed E-state index contributed by atoms with van der Waals surface area (Å²) in [6.45, 7) is 18.0. The summed E-state index contributed by atoms with van der Waals surface area (Å²) in [4.78, 5) is 16.9. The minimum absolute atomic E-state index is 0.188. The van der Waals surface area contributed by atoms with Crippen LogP contribution in [0.25, 0.3) is 5.65 Å². The van der Waals surface area contributed by atoms with Gasteiger partial charge in [-0.1, -0.05) is 26.7 Å². The van der Waals surface area contributed by atoms with E-state index >= 15 is 0 Å². The van der Waals surface area contributed by atoms with Gasteiger partial charge in [-0.25, -0.2) is 9.50 Å². The summed E-state index contributed by atoms with van der Waals surface area (Å²) >= 11 is 0. The summed E-state index contributed by atoms with van der Waals surface area (Å²) < 4.78 is 14.8. The first-order valence-corrected chi connectivity index (χ1v) is 17.8. The minimum atomic E-state index is -1.86. The zero-order valence-corrected chi connectivity index (χ0v) is 22.8. The van der Waals surface area contributed by atoms with Crippen molar-refractivity contribution in [3.63, 3.8) is 0 Å². The molecule has 0 radical (unpaired) electrons. The monoisotopic (exact) mass is 471 g/mol. The van der Waals surface area contributed by atoms with Crippen LogP contribution in [0.1, 0.15) is 56.8 Å².